The predicted octanol–water partition coefficient (Wildman–Crippen LogP) is 5.71. The van der Waals surface area contributed by atoms with Crippen molar-refractivity contribution in [3.8, 4) is 11.1 Å². The molecule has 2 bridgehead atoms. The molecule has 1 saturated heterocycles. The molecule has 11 atom stereocenters. The molecule has 406 valence electrons. The number of hydrogen-bond acceptors (Lipinski definition) is 17. The van der Waals surface area contributed by atoms with E-state index < -0.39 is 132 Å². The number of ketones is 1. The Kier molecular flexibility index (Phi) is 14.9. The van der Waals surface area contributed by atoms with Crippen molar-refractivity contribution >= 4 is 41.8 Å². The van der Waals surface area contributed by atoms with Gasteiger partial charge >= 0.3 is 36.1 Å². The SMILES string of the molecule is CC(=O)O[C@@]12COC1C[C@H](O)C1(C)C(=O)[C@H](O)C3=C(C)[C@@H](OC(=O)[C@H](OC(=O)CNC(=O)OCC4c5ccccc5-c5ccccc54)[C@@H](NC(=O)OC(C)(C)C)c4ccccc4)C[C@](O)(C3)[C@@H](OC(=O)c3ccccc3)C12. The molecule has 19 nitrogen and oxygen atoms in total. The average molecular weight is 1060 g/mol. The van der Waals surface area contributed by atoms with Crippen molar-refractivity contribution in [1.29, 1.82) is 0 Å². The molecule has 5 N–H and O–H groups in total. The van der Waals surface area contributed by atoms with Crippen LogP contribution in [0.4, 0.5) is 9.59 Å². The molecule has 1 aliphatic heterocycles. The lowest BCUT2D eigenvalue weighted by atomic mass is 9.48. The van der Waals surface area contributed by atoms with Gasteiger partial charge in [-0.2, -0.15) is 0 Å². The number of hydrogen-bond donors (Lipinski definition) is 5. The van der Waals surface area contributed by atoms with E-state index in [2.05, 4.69) is 10.6 Å². The molecule has 5 aliphatic rings. The van der Waals surface area contributed by atoms with Crippen molar-refractivity contribution in [1.82, 2.24) is 10.6 Å². The Bertz CT molecular complexity index is 2950. The number of nitrogens with one attached hydrogen (secondary N) is 2. The minimum atomic E-state index is -2.38. The molecule has 9 rings (SSSR count). The summed E-state index contributed by atoms with van der Waals surface area (Å²) in [6, 6.07) is 29.6. The first-order valence-electron chi connectivity index (χ1n) is 25.5. The number of carbonyl (C=O) groups is 7. The van der Waals surface area contributed by atoms with Crippen LogP contribution in [0, 0.1) is 11.3 Å². The molecule has 3 fully saturated rings. The molecule has 0 spiro atoms. The summed E-state index contributed by atoms with van der Waals surface area (Å²) < 4.78 is 41.4. The third kappa shape index (κ3) is 10.4. The summed E-state index contributed by atoms with van der Waals surface area (Å²) in [5.74, 6) is -7.08. The highest BCUT2D eigenvalue weighted by molar-refractivity contribution is 5.94. The van der Waals surface area contributed by atoms with Crippen LogP contribution < -0.4 is 10.6 Å². The number of alkyl carbamates (subject to hydrolysis) is 2. The lowest BCUT2D eigenvalue weighted by Crippen LogP contribution is -2.80. The van der Waals surface area contributed by atoms with Crippen molar-refractivity contribution < 1.29 is 82.0 Å². The highest BCUT2D eigenvalue weighted by atomic mass is 16.6. The van der Waals surface area contributed by atoms with Gasteiger partial charge in [-0.05, 0) is 85.7 Å². The van der Waals surface area contributed by atoms with Crippen LogP contribution in [0.5, 0.6) is 0 Å². The molecular weight excluding hydrogens is 997 g/mol. The summed E-state index contributed by atoms with van der Waals surface area (Å²) in [6.07, 6.45) is -13.6. The van der Waals surface area contributed by atoms with Crippen LogP contribution in [0.25, 0.3) is 11.1 Å². The van der Waals surface area contributed by atoms with Crippen molar-refractivity contribution in [2.45, 2.75) is 126 Å². The number of esters is 4. The van der Waals surface area contributed by atoms with Gasteiger partial charge in [0.1, 0.15) is 54.8 Å². The Morgan fingerprint density at radius 3 is 2.04 bits per heavy atom. The summed E-state index contributed by atoms with van der Waals surface area (Å²) >= 11 is 0. The van der Waals surface area contributed by atoms with E-state index in [1.54, 1.807) is 69.3 Å². The molecule has 0 aromatic heterocycles. The van der Waals surface area contributed by atoms with Crippen LogP contribution in [0.2, 0.25) is 0 Å². The molecule has 0 radical (unpaired) electrons. The summed E-state index contributed by atoms with van der Waals surface area (Å²) in [7, 11) is 0. The number of amides is 2. The van der Waals surface area contributed by atoms with Gasteiger partial charge in [-0.3, -0.25) is 14.4 Å². The van der Waals surface area contributed by atoms with E-state index in [1.165, 1.54) is 26.0 Å². The summed E-state index contributed by atoms with van der Waals surface area (Å²) in [5.41, 5.74) is -3.10. The minimum absolute atomic E-state index is 0.0403. The highest BCUT2D eigenvalue weighted by Crippen LogP contribution is 2.61. The lowest BCUT2D eigenvalue weighted by Gasteiger charge is -2.65. The van der Waals surface area contributed by atoms with Crippen molar-refractivity contribution in [2.75, 3.05) is 19.8 Å². The molecule has 4 aromatic rings. The Morgan fingerprint density at radius 1 is 0.831 bits per heavy atom. The maximum Gasteiger partial charge on any atom is 0.408 e. The number of aliphatic hydroxyl groups is 3. The molecular formula is C58H62N2O17. The van der Waals surface area contributed by atoms with Gasteiger partial charge in [-0.15, -0.1) is 0 Å². The highest BCUT2D eigenvalue weighted by Gasteiger charge is 2.76. The molecule has 2 amide bonds. The fourth-order valence-corrected chi connectivity index (χ4v) is 11.8. The number of rotatable bonds is 13. The van der Waals surface area contributed by atoms with E-state index in [1.807, 2.05) is 48.5 Å². The van der Waals surface area contributed by atoms with Crippen LogP contribution >= 0.6 is 0 Å². The van der Waals surface area contributed by atoms with Crippen molar-refractivity contribution in [2.24, 2.45) is 11.3 Å². The summed E-state index contributed by atoms with van der Waals surface area (Å²) in [6.45, 7) is 7.55. The number of benzene rings is 4. The Hall–Kier alpha value is -7.45. The number of Topliss-reactive ketones (excluding diaryl/α,β-unsaturated/α-hetero) is 1. The second-order valence-electron chi connectivity index (χ2n) is 21.6. The zero-order chi connectivity index (χ0) is 55.2. The van der Waals surface area contributed by atoms with Crippen LogP contribution in [0.1, 0.15) is 99.8 Å². The van der Waals surface area contributed by atoms with Crippen LogP contribution in [-0.4, -0.2) is 130 Å². The van der Waals surface area contributed by atoms with Gasteiger partial charge in [-0.25, -0.2) is 19.2 Å². The summed E-state index contributed by atoms with van der Waals surface area (Å²) in [4.78, 5) is 98.2. The predicted molar refractivity (Wildman–Crippen MR) is 271 cm³/mol. The first-order chi connectivity index (χ1) is 36.5. The number of aliphatic hydroxyl groups excluding tert-OH is 2. The van der Waals surface area contributed by atoms with Crippen LogP contribution in [-0.2, 0) is 52.3 Å². The molecule has 1 heterocycles. The first-order valence-corrected chi connectivity index (χ1v) is 25.5. The number of fused-ring (bicyclic) bond motifs is 8. The van der Waals surface area contributed by atoms with Gasteiger partial charge in [0, 0.05) is 32.1 Å². The second-order valence-corrected chi connectivity index (χ2v) is 21.6. The maximum absolute atomic E-state index is 15.1. The quantitative estimate of drug-likeness (QED) is 0.0609. The van der Waals surface area contributed by atoms with E-state index in [-0.39, 0.29) is 47.8 Å². The number of carbonyl (C=O) groups excluding carboxylic acids is 7. The Balaban J connectivity index is 1.04. The van der Waals surface area contributed by atoms with Crippen molar-refractivity contribution in [3.63, 3.8) is 0 Å². The zero-order valence-electron chi connectivity index (χ0n) is 43.4. The van der Waals surface area contributed by atoms with Gasteiger partial charge in [0.25, 0.3) is 0 Å². The summed E-state index contributed by atoms with van der Waals surface area (Å²) in [5, 5.41) is 42.4. The Labute approximate surface area is 444 Å². The first kappa shape index (κ1) is 54.3. The smallest absolute Gasteiger partial charge is 0.408 e. The van der Waals surface area contributed by atoms with E-state index >= 15 is 9.59 Å². The standard InChI is InChI=1S/C58H62N2O17/c1-31-39-26-57(70,50(75-51(66)34-19-11-8-12-20-34)48-56(6,49(65)46(39)64)42(62)25-43-58(48,30-72-43)76-32(2)61)27-41(31)73-52(67)47(45(33-17-9-7-10-18-33)60-54(69)77-55(3,4)5)74-44(63)28-59-53(68)71-29-40-37-23-15-13-21-35(37)36-22-14-16-24-38(36)40/h7-24,40-43,45-48,50,62,64,70H,25-30H2,1-6H3,(H,59,68)(H,60,69)/t41-,42-,43?,45-,46+,47+,48?,50-,56?,57+,58-/m0/s1. The third-order valence-corrected chi connectivity index (χ3v) is 15.5. The lowest BCUT2D eigenvalue weighted by molar-refractivity contribution is -0.340. The van der Waals surface area contributed by atoms with Gasteiger partial charge in [0.05, 0.1) is 29.6 Å². The average Bonchev–Trinajstić information content (AvgIpc) is 3.94. The number of ether oxygens (including phenoxy) is 7. The van der Waals surface area contributed by atoms with Gasteiger partial charge in [-0.1, -0.05) is 97.1 Å². The van der Waals surface area contributed by atoms with E-state index in [4.69, 9.17) is 33.2 Å². The molecule has 3 unspecified atom stereocenters. The molecule has 19 heteroatoms. The third-order valence-electron chi connectivity index (χ3n) is 15.5. The monoisotopic (exact) mass is 1060 g/mol. The Morgan fingerprint density at radius 2 is 1.44 bits per heavy atom. The molecule has 77 heavy (non-hydrogen) atoms. The second kappa shape index (κ2) is 21.2. The largest absolute Gasteiger partial charge is 0.455 e. The van der Waals surface area contributed by atoms with Gasteiger partial charge in [0.2, 0.25) is 6.10 Å². The van der Waals surface area contributed by atoms with Crippen LogP contribution in [0.15, 0.2) is 120 Å². The topological polar surface area (TPSA) is 269 Å². The zero-order valence-corrected chi connectivity index (χ0v) is 43.4. The fourth-order valence-electron chi connectivity index (χ4n) is 11.8. The van der Waals surface area contributed by atoms with Gasteiger partial charge < -0.3 is 59.1 Å². The minimum Gasteiger partial charge on any atom is -0.455 e. The normalized spacial score (nSPS) is 27.9. The molecule has 4 aromatic carbocycles. The van der Waals surface area contributed by atoms with E-state index in [0.717, 1.165) is 29.2 Å². The maximum atomic E-state index is 15.1. The van der Waals surface area contributed by atoms with Gasteiger partial charge in [0.15, 0.2) is 11.4 Å². The van der Waals surface area contributed by atoms with E-state index in [0.29, 0.717) is 0 Å². The molecule has 2 saturated carbocycles. The molecule has 4 aliphatic carbocycles. The van der Waals surface area contributed by atoms with Crippen LogP contribution in [0.3, 0.4) is 0 Å². The fraction of sp³-hybridized carbons (Fsp3) is 0.431. The van der Waals surface area contributed by atoms with E-state index in [9.17, 15) is 39.3 Å². The van der Waals surface area contributed by atoms with Crippen molar-refractivity contribution in [3.05, 3.63) is 143 Å².